The average Bonchev–Trinajstić information content (AvgIpc) is 3.45. The van der Waals surface area contributed by atoms with Gasteiger partial charge in [0.2, 0.25) is 0 Å². The summed E-state index contributed by atoms with van der Waals surface area (Å²) in [6.07, 6.45) is 7.26. The maximum absolute atomic E-state index is 10.9. The molecule has 4 aliphatic rings. The third-order valence-corrected chi connectivity index (χ3v) is 7.55. The van der Waals surface area contributed by atoms with Gasteiger partial charge in [-0.3, -0.25) is 4.90 Å². The normalized spacial score (nSPS) is 35.2. The zero-order valence-corrected chi connectivity index (χ0v) is 16.1. The summed E-state index contributed by atoms with van der Waals surface area (Å²) in [6, 6.07) is 4.16. The van der Waals surface area contributed by atoms with E-state index in [0.717, 1.165) is 50.1 Å². The molecule has 3 aliphatic carbocycles. The summed E-state index contributed by atoms with van der Waals surface area (Å²) in [6.45, 7) is 2.27. The van der Waals surface area contributed by atoms with Crippen LogP contribution in [0.15, 0.2) is 12.1 Å². The predicted molar refractivity (Wildman–Crippen MR) is 104 cm³/mol. The van der Waals surface area contributed by atoms with E-state index in [-0.39, 0.29) is 23.0 Å². The van der Waals surface area contributed by atoms with Crippen LogP contribution >= 0.6 is 0 Å². The van der Waals surface area contributed by atoms with E-state index < -0.39 is 0 Å². The quantitative estimate of drug-likeness (QED) is 0.636. The van der Waals surface area contributed by atoms with Gasteiger partial charge in [0.1, 0.15) is 0 Å². The Morgan fingerprint density at radius 1 is 1.22 bits per heavy atom. The first kappa shape index (κ1) is 17.4. The number of hydrogen-bond donors (Lipinski definition) is 2. The molecular formula is C23H29NO3. The first-order valence-corrected chi connectivity index (χ1v) is 10.4. The van der Waals surface area contributed by atoms with E-state index in [4.69, 9.17) is 4.74 Å². The summed E-state index contributed by atoms with van der Waals surface area (Å²) >= 11 is 0. The number of likely N-dealkylation sites (tertiary alicyclic amines) is 1. The highest BCUT2D eigenvalue weighted by Crippen LogP contribution is 2.57. The molecule has 27 heavy (non-hydrogen) atoms. The number of methoxy groups -OCH3 is 1. The van der Waals surface area contributed by atoms with E-state index >= 15 is 0 Å². The maximum atomic E-state index is 10.9. The predicted octanol–water partition coefficient (Wildman–Crippen LogP) is 3.19. The molecule has 1 aliphatic heterocycles. The van der Waals surface area contributed by atoms with Gasteiger partial charge in [-0.1, -0.05) is 6.07 Å². The van der Waals surface area contributed by atoms with Crippen LogP contribution in [-0.4, -0.2) is 47.5 Å². The Balaban J connectivity index is 1.65. The molecule has 4 atom stereocenters. The fraction of sp³-hybridized carbons (Fsp3) is 0.652. The van der Waals surface area contributed by atoms with Crippen LogP contribution in [0.2, 0.25) is 0 Å². The van der Waals surface area contributed by atoms with Crippen LogP contribution < -0.4 is 0 Å². The Labute approximate surface area is 161 Å². The summed E-state index contributed by atoms with van der Waals surface area (Å²) in [7, 11) is 1.77. The fourth-order valence-corrected chi connectivity index (χ4v) is 6.03. The molecule has 4 unspecified atom stereocenters. The third kappa shape index (κ3) is 2.75. The van der Waals surface area contributed by atoms with Gasteiger partial charge < -0.3 is 14.9 Å². The molecule has 1 saturated carbocycles. The summed E-state index contributed by atoms with van der Waals surface area (Å²) in [5, 5.41) is 21.2. The number of benzene rings is 1. The lowest BCUT2D eigenvalue weighted by molar-refractivity contribution is -0.0227. The second-order valence-corrected chi connectivity index (χ2v) is 9.01. The van der Waals surface area contributed by atoms with Crippen molar-refractivity contribution in [2.45, 2.75) is 62.5 Å². The molecule has 2 bridgehead atoms. The lowest BCUT2D eigenvalue weighted by atomic mass is 9.54. The summed E-state index contributed by atoms with van der Waals surface area (Å²) in [5.74, 6) is 8.10. The monoisotopic (exact) mass is 367 g/mol. The molecule has 1 saturated heterocycles. The van der Waals surface area contributed by atoms with Gasteiger partial charge in [0.25, 0.3) is 0 Å². The first-order chi connectivity index (χ1) is 13.1. The van der Waals surface area contributed by atoms with E-state index in [0.29, 0.717) is 12.0 Å². The molecule has 1 aromatic carbocycles. The maximum Gasteiger partial charge on any atom is 0.161 e. The van der Waals surface area contributed by atoms with Crippen molar-refractivity contribution in [3.05, 3.63) is 23.3 Å². The highest BCUT2D eigenvalue weighted by molar-refractivity contribution is 5.56. The van der Waals surface area contributed by atoms with Gasteiger partial charge in [-0.05, 0) is 62.1 Å². The molecule has 0 radical (unpaired) electrons. The number of ether oxygens (including phenoxy) is 1. The Bertz CT molecular complexity index is 806. The van der Waals surface area contributed by atoms with Crippen LogP contribution in [0.5, 0.6) is 11.5 Å². The fourth-order valence-electron chi connectivity index (χ4n) is 6.03. The van der Waals surface area contributed by atoms with Crippen molar-refractivity contribution in [3.8, 4) is 23.3 Å². The number of hydrogen-bond acceptors (Lipinski definition) is 4. The van der Waals surface area contributed by atoms with Crippen molar-refractivity contribution in [2.75, 3.05) is 20.2 Å². The number of rotatable bonds is 3. The molecule has 4 nitrogen and oxygen atoms in total. The second kappa shape index (κ2) is 6.43. The van der Waals surface area contributed by atoms with Crippen molar-refractivity contribution < 1.29 is 14.9 Å². The highest BCUT2D eigenvalue weighted by atomic mass is 16.5. The van der Waals surface area contributed by atoms with Crippen LogP contribution in [0.4, 0.5) is 0 Å². The Morgan fingerprint density at radius 2 is 2.04 bits per heavy atom. The minimum absolute atomic E-state index is 0.00263. The van der Waals surface area contributed by atoms with Crippen LogP contribution in [0.25, 0.3) is 0 Å². The molecule has 0 amide bonds. The van der Waals surface area contributed by atoms with Gasteiger partial charge in [0.05, 0.1) is 6.10 Å². The standard InChI is InChI=1S/C23H29NO3/c1-27-17-4-2-3-5-18-19-12-16-8-9-20(25)22(26)21(16)23(18,13-17)10-11-24(19)14-15-6-7-15/h8-9,15,17-19,25-26H,4-7,10-14H2,1H3. The molecule has 144 valence electrons. The van der Waals surface area contributed by atoms with E-state index in [2.05, 4.69) is 16.7 Å². The Hall–Kier alpha value is -1.70. The molecular weight excluding hydrogens is 338 g/mol. The smallest absolute Gasteiger partial charge is 0.161 e. The minimum atomic E-state index is -0.156. The van der Waals surface area contributed by atoms with Crippen LogP contribution in [0.1, 0.15) is 49.7 Å². The first-order valence-electron chi connectivity index (χ1n) is 10.4. The van der Waals surface area contributed by atoms with Crippen molar-refractivity contribution >= 4 is 0 Å². The van der Waals surface area contributed by atoms with Crippen molar-refractivity contribution in [1.29, 1.82) is 0 Å². The number of phenols is 2. The lowest BCUT2D eigenvalue weighted by Crippen LogP contribution is -2.61. The van der Waals surface area contributed by atoms with Gasteiger partial charge in [-0.25, -0.2) is 0 Å². The number of nitrogens with zero attached hydrogens (tertiary/aromatic N) is 1. The van der Waals surface area contributed by atoms with Gasteiger partial charge in [0, 0.05) is 43.5 Å². The average molecular weight is 367 g/mol. The van der Waals surface area contributed by atoms with E-state index in [1.165, 1.54) is 24.9 Å². The molecule has 0 spiro atoms. The second-order valence-electron chi connectivity index (χ2n) is 9.01. The van der Waals surface area contributed by atoms with Gasteiger partial charge in [0.15, 0.2) is 11.5 Å². The van der Waals surface area contributed by atoms with E-state index in [9.17, 15) is 10.2 Å². The third-order valence-electron chi connectivity index (χ3n) is 7.55. The molecule has 1 aromatic rings. The van der Waals surface area contributed by atoms with Crippen LogP contribution in [0.3, 0.4) is 0 Å². The van der Waals surface area contributed by atoms with Crippen LogP contribution in [0, 0.1) is 23.7 Å². The topological polar surface area (TPSA) is 52.9 Å². The van der Waals surface area contributed by atoms with Crippen molar-refractivity contribution in [3.63, 3.8) is 0 Å². The summed E-state index contributed by atoms with van der Waals surface area (Å²) in [4.78, 5) is 2.71. The number of fused-ring (bicyclic) bond motifs is 1. The molecule has 2 fully saturated rings. The van der Waals surface area contributed by atoms with Crippen molar-refractivity contribution in [1.82, 2.24) is 4.90 Å². The molecule has 0 aromatic heterocycles. The SMILES string of the molecule is COC1CC#CCC2C3Cc4ccc(O)c(O)c4C2(CCN3CC2CC2)C1. The van der Waals surface area contributed by atoms with Gasteiger partial charge in [-0.2, -0.15) is 0 Å². The zero-order valence-electron chi connectivity index (χ0n) is 16.1. The zero-order chi connectivity index (χ0) is 18.6. The van der Waals surface area contributed by atoms with Crippen LogP contribution in [-0.2, 0) is 16.6 Å². The minimum Gasteiger partial charge on any atom is -0.504 e. The van der Waals surface area contributed by atoms with E-state index in [1.54, 1.807) is 13.2 Å². The van der Waals surface area contributed by atoms with Gasteiger partial charge >= 0.3 is 0 Å². The van der Waals surface area contributed by atoms with Gasteiger partial charge in [-0.15, -0.1) is 11.8 Å². The molecule has 2 N–H and O–H groups in total. The van der Waals surface area contributed by atoms with E-state index in [1.807, 2.05) is 6.07 Å². The van der Waals surface area contributed by atoms with Crippen molar-refractivity contribution in [2.24, 2.45) is 11.8 Å². The Morgan fingerprint density at radius 3 is 2.81 bits per heavy atom. The largest absolute Gasteiger partial charge is 0.504 e. The molecule has 4 heteroatoms. The summed E-state index contributed by atoms with van der Waals surface area (Å²) < 4.78 is 5.79. The lowest BCUT2D eigenvalue weighted by Gasteiger charge is -2.57. The Kier molecular flexibility index (Phi) is 4.14. The molecule has 1 heterocycles. The number of aromatic hydroxyl groups is 2. The highest BCUT2D eigenvalue weighted by Gasteiger charge is 2.55. The number of phenolic OH excluding ortho intramolecular Hbond substituents is 2. The molecule has 5 rings (SSSR count). The number of piperidine rings is 1. The summed E-state index contributed by atoms with van der Waals surface area (Å²) in [5.41, 5.74) is 2.03.